The molecule has 0 rings (SSSR count). The average molecular weight is 534 g/mol. The number of nitrogens with two attached hydrogens (primary N) is 1. The Kier molecular flexibility index (Phi) is 31.4. The second-order valence-electron chi connectivity index (χ2n) is 11.9. The molecule has 0 saturated heterocycles. The van der Waals surface area contributed by atoms with Crippen molar-refractivity contribution in [2.45, 2.75) is 194 Å². The molecule has 0 fully saturated rings. The Morgan fingerprint density at radius 2 is 0.711 bits per heavy atom. The van der Waals surface area contributed by atoms with E-state index < -0.39 is 0 Å². The number of nitrogens with one attached hydrogen (secondary N) is 1. The summed E-state index contributed by atoms with van der Waals surface area (Å²) in [6.07, 6.45) is 43.0. The highest BCUT2D eigenvalue weighted by Gasteiger charge is 2.06. The number of hydrogen-bond donors (Lipinski definition) is 2. The summed E-state index contributed by atoms with van der Waals surface area (Å²) in [5.41, 5.74) is 5.86. The van der Waals surface area contributed by atoms with Gasteiger partial charge in [-0.25, -0.2) is 0 Å². The Morgan fingerprint density at radius 1 is 0.447 bits per heavy atom. The molecule has 0 amide bonds. The molecule has 0 bridgehead atoms. The Labute approximate surface area is 240 Å². The van der Waals surface area contributed by atoms with Crippen molar-refractivity contribution in [3.8, 4) is 0 Å². The molecular weight excluding hydrogens is 462 g/mol. The van der Waals surface area contributed by atoms with E-state index in [2.05, 4.69) is 30.9 Å². The normalized spacial score (nSPS) is 11.5. The van der Waals surface area contributed by atoms with E-state index >= 15 is 0 Å². The van der Waals surface area contributed by atoms with Crippen LogP contribution in [-0.2, 0) is 0 Å². The Morgan fingerprint density at radius 3 is 1.00 bits per heavy atom. The summed E-state index contributed by atoms with van der Waals surface area (Å²) in [6.45, 7) is 6.51. The van der Waals surface area contributed by atoms with E-state index in [-0.39, 0.29) is 5.96 Å². The van der Waals surface area contributed by atoms with Crippen molar-refractivity contribution in [3.05, 3.63) is 12.2 Å². The molecule has 38 heavy (non-hydrogen) atoms. The van der Waals surface area contributed by atoms with Crippen LogP contribution in [0.2, 0.25) is 0 Å². The number of guanidine groups is 1. The van der Waals surface area contributed by atoms with E-state index in [0.29, 0.717) is 0 Å². The third-order valence-electron chi connectivity index (χ3n) is 8.06. The first-order chi connectivity index (χ1) is 18.7. The van der Waals surface area contributed by atoms with Gasteiger partial charge < -0.3 is 10.6 Å². The predicted molar refractivity (Wildman–Crippen MR) is 173 cm³/mol. The van der Waals surface area contributed by atoms with Crippen LogP contribution in [0.4, 0.5) is 0 Å². The molecule has 0 aromatic rings. The fraction of sp³-hybridized carbons (Fsp3) is 0.914. The van der Waals surface area contributed by atoms with Crippen LogP contribution in [-0.4, -0.2) is 23.9 Å². The molecule has 3 heteroatoms. The highest BCUT2D eigenvalue weighted by molar-refractivity contribution is 5.74. The average Bonchev–Trinajstić information content (AvgIpc) is 2.91. The highest BCUT2D eigenvalue weighted by atomic mass is 15.2. The number of unbranched alkanes of at least 4 members (excludes halogenated alkanes) is 25. The van der Waals surface area contributed by atoms with Crippen molar-refractivity contribution in [2.24, 2.45) is 5.73 Å². The van der Waals surface area contributed by atoms with Crippen LogP contribution in [0.5, 0.6) is 0 Å². The molecule has 0 aliphatic heterocycles. The SMILES string of the molecule is CCCCCCCCC=CCCCCCCCCN(CCCCCCCCCCCCCCCC)C(=N)N. The topological polar surface area (TPSA) is 53.1 Å². The van der Waals surface area contributed by atoms with Gasteiger partial charge in [-0.3, -0.25) is 5.41 Å². The molecule has 0 heterocycles. The second-order valence-corrected chi connectivity index (χ2v) is 11.9. The first kappa shape index (κ1) is 37.0. The van der Waals surface area contributed by atoms with Crippen LogP contribution >= 0.6 is 0 Å². The van der Waals surface area contributed by atoms with Crippen LogP contribution in [0.15, 0.2) is 12.2 Å². The smallest absolute Gasteiger partial charge is 0.188 e. The molecule has 0 aliphatic carbocycles. The largest absolute Gasteiger partial charge is 0.370 e. The zero-order valence-corrected chi connectivity index (χ0v) is 26.4. The fourth-order valence-corrected chi connectivity index (χ4v) is 5.40. The molecular formula is C35H71N3. The van der Waals surface area contributed by atoms with E-state index in [0.717, 1.165) is 13.1 Å². The monoisotopic (exact) mass is 534 g/mol. The van der Waals surface area contributed by atoms with Crippen LogP contribution in [0, 0.1) is 5.41 Å². The van der Waals surface area contributed by atoms with Crippen molar-refractivity contribution in [2.75, 3.05) is 13.1 Å². The molecule has 0 unspecified atom stereocenters. The van der Waals surface area contributed by atoms with E-state index in [4.69, 9.17) is 11.1 Å². The molecule has 0 aliphatic rings. The van der Waals surface area contributed by atoms with Gasteiger partial charge in [0, 0.05) is 13.1 Å². The Hall–Kier alpha value is -0.990. The number of allylic oxidation sites excluding steroid dienone is 2. The first-order valence-electron chi connectivity index (χ1n) is 17.5. The lowest BCUT2D eigenvalue weighted by Crippen LogP contribution is -2.37. The molecule has 226 valence electrons. The number of rotatable bonds is 31. The third-order valence-corrected chi connectivity index (χ3v) is 8.06. The minimum absolute atomic E-state index is 0.271. The highest BCUT2D eigenvalue weighted by Crippen LogP contribution is 2.14. The quantitative estimate of drug-likeness (QED) is 0.0403. The first-order valence-corrected chi connectivity index (χ1v) is 17.5. The van der Waals surface area contributed by atoms with Crippen LogP contribution < -0.4 is 5.73 Å². The lowest BCUT2D eigenvalue weighted by Gasteiger charge is -2.22. The van der Waals surface area contributed by atoms with Crippen molar-refractivity contribution in [3.63, 3.8) is 0 Å². The summed E-state index contributed by atoms with van der Waals surface area (Å²) in [5.74, 6) is 0.271. The van der Waals surface area contributed by atoms with Crippen LogP contribution in [0.3, 0.4) is 0 Å². The van der Waals surface area contributed by atoms with Gasteiger partial charge in [-0.15, -0.1) is 0 Å². The zero-order chi connectivity index (χ0) is 27.8. The molecule has 0 atom stereocenters. The molecule has 0 saturated carbocycles. The Bertz CT molecular complexity index is 488. The third kappa shape index (κ3) is 29.6. The van der Waals surface area contributed by atoms with Crippen molar-refractivity contribution < 1.29 is 0 Å². The molecule has 0 radical (unpaired) electrons. The summed E-state index contributed by atoms with van der Waals surface area (Å²) >= 11 is 0. The molecule has 0 spiro atoms. The maximum Gasteiger partial charge on any atom is 0.188 e. The van der Waals surface area contributed by atoms with Gasteiger partial charge in [0.05, 0.1) is 0 Å². The van der Waals surface area contributed by atoms with Gasteiger partial charge in [0.25, 0.3) is 0 Å². The zero-order valence-electron chi connectivity index (χ0n) is 26.4. The van der Waals surface area contributed by atoms with Crippen molar-refractivity contribution >= 4 is 5.96 Å². The van der Waals surface area contributed by atoms with Crippen LogP contribution in [0.25, 0.3) is 0 Å². The fourth-order valence-electron chi connectivity index (χ4n) is 5.40. The van der Waals surface area contributed by atoms with Crippen molar-refractivity contribution in [1.82, 2.24) is 4.90 Å². The summed E-state index contributed by atoms with van der Waals surface area (Å²) in [6, 6.07) is 0. The minimum atomic E-state index is 0.271. The summed E-state index contributed by atoms with van der Waals surface area (Å²) in [7, 11) is 0. The van der Waals surface area contributed by atoms with E-state index in [1.807, 2.05) is 0 Å². The van der Waals surface area contributed by atoms with E-state index in [1.165, 1.54) is 180 Å². The molecule has 0 aromatic heterocycles. The second kappa shape index (κ2) is 32.2. The molecule has 3 N–H and O–H groups in total. The minimum Gasteiger partial charge on any atom is -0.370 e. The summed E-state index contributed by atoms with van der Waals surface area (Å²) in [5, 5.41) is 7.91. The maximum absolute atomic E-state index is 7.91. The number of hydrogen-bond acceptors (Lipinski definition) is 1. The van der Waals surface area contributed by atoms with E-state index in [9.17, 15) is 0 Å². The maximum atomic E-state index is 7.91. The van der Waals surface area contributed by atoms with Gasteiger partial charge in [-0.2, -0.15) is 0 Å². The van der Waals surface area contributed by atoms with Crippen molar-refractivity contribution in [1.29, 1.82) is 5.41 Å². The lowest BCUT2D eigenvalue weighted by atomic mass is 10.0. The van der Waals surface area contributed by atoms with Gasteiger partial charge in [-0.1, -0.05) is 167 Å². The summed E-state index contributed by atoms with van der Waals surface area (Å²) in [4.78, 5) is 2.11. The number of nitrogens with zero attached hydrogens (tertiary/aromatic N) is 1. The van der Waals surface area contributed by atoms with Gasteiger partial charge in [-0.05, 0) is 38.5 Å². The van der Waals surface area contributed by atoms with Gasteiger partial charge in [0.1, 0.15) is 0 Å². The molecule has 0 aromatic carbocycles. The van der Waals surface area contributed by atoms with Gasteiger partial charge in [0.2, 0.25) is 0 Å². The predicted octanol–water partition coefficient (Wildman–Crippen LogP) is 11.7. The summed E-state index contributed by atoms with van der Waals surface area (Å²) < 4.78 is 0. The standard InChI is InChI=1S/C35H71N3/c1-3-5-7-9-11-13-15-17-19-20-22-24-26-28-30-32-34-38(35(36)37)33-31-29-27-25-23-21-18-16-14-12-10-8-6-4-2/h17,19H,3-16,18,20-34H2,1-2H3,(H3,36,37). The lowest BCUT2D eigenvalue weighted by molar-refractivity contribution is 0.378. The van der Waals surface area contributed by atoms with E-state index in [1.54, 1.807) is 0 Å². The molecule has 3 nitrogen and oxygen atoms in total. The van der Waals surface area contributed by atoms with Gasteiger partial charge >= 0.3 is 0 Å². The van der Waals surface area contributed by atoms with Gasteiger partial charge in [0.15, 0.2) is 5.96 Å². The Balaban J connectivity index is 3.43. The van der Waals surface area contributed by atoms with Crippen LogP contribution in [0.1, 0.15) is 194 Å².